The number of pyridine rings is 2. The minimum atomic E-state index is -0.957. The molecule has 0 radical (unpaired) electrons. The van der Waals surface area contributed by atoms with E-state index in [-0.39, 0.29) is 23.9 Å². The van der Waals surface area contributed by atoms with Crippen molar-refractivity contribution >= 4 is 16.9 Å². The van der Waals surface area contributed by atoms with Crippen LogP contribution in [0.1, 0.15) is 45.9 Å². The Morgan fingerprint density at radius 2 is 1.79 bits per heavy atom. The first kappa shape index (κ1) is 22.4. The number of methoxy groups -OCH3 is 1. The number of nitrogens with zero attached hydrogens (tertiary/aromatic N) is 2. The molecule has 0 aliphatic carbocycles. The highest BCUT2D eigenvalue weighted by Crippen LogP contribution is 2.33. The Morgan fingerprint density at radius 3 is 2.45 bits per heavy atom. The Morgan fingerprint density at radius 1 is 1.06 bits per heavy atom. The lowest BCUT2D eigenvalue weighted by Crippen LogP contribution is -2.13. The second-order valence-corrected chi connectivity index (χ2v) is 7.66. The van der Waals surface area contributed by atoms with Crippen molar-refractivity contribution in [1.82, 2.24) is 9.97 Å². The van der Waals surface area contributed by atoms with Crippen molar-refractivity contribution in [1.29, 1.82) is 0 Å². The summed E-state index contributed by atoms with van der Waals surface area (Å²) in [5.41, 5.74) is 3.32. The summed E-state index contributed by atoms with van der Waals surface area (Å²) in [4.78, 5) is 21.5. The Kier molecular flexibility index (Phi) is 6.60. The molecule has 4 aromatic rings. The molecule has 0 saturated heterocycles. The maximum absolute atomic E-state index is 13.2. The number of hydrogen-bond acceptors (Lipinski definition) is 6. The standard InChI is InChI=1S/C26H23FN2O4/c1-16(30)22-21-13-19(12-17-8-10-20(27)11-9-17)14-28-23(21)25(24(29-22)26(31)32-2)33-15-18-6-4-3-5-7-18/h3-11,13-14,16,30H,12,15H2,1-2H3. The topological polar surface area (TPSA) is 81.5 Å². The third-order valence-corrected chi connectivity index (χ3v) is 5.20. The van der Waals surface area contributed by atoms with Gasteiger partial charge in [-0.25, -0.2) is 14.2 Å². The molecule has 0 spiro atoms. The van der Waals surface area contributed by atoms with E-state index in [9.17, 15) is 14.3 Å². The summed E-state index contributed by atoms with van der Waals surface area (Å²) in [5, 5.41) is 11.0. The highest BCUT2D eigenvalue weighted by molar-refractivity contribution is 5.99. The number of hydrogen-bond donors (Lipinski definition) is 1. The first-order valence-electron chi connectivity index (χ1n) is 10.5. The van der Waals surface area contributed by atoms with Crippen LogP contribution in [0.2, 0.25) is 0 Å². The summed E-state index contributed by atoms with van der Waals surface area (Å²) in [6.07, 6.45) is 1.23. The van der Waals surface area contributed by atoms with Crippen LogP contribution < -0.4 is 4.74 Å². The monoisotopic (exact) mass is 446 g/mol. The van der Waals surface area contributed by atoms with Gasteiger partial charge in [0.2, 0.25) is 0 Å². The number of esters is 1. The van der Waals surface area contributed by atoms with Crippen LogP contribution in [0, 0.1) is 5.82 Å². The zero-order valence-electron chi connectivity index (χ0n) is 18.3. The molecule has 0 aliphatic heterocycles. The van der Waals surface area contributed by atoms with Gasteiger partial charge in [0.05, 0.1) is 18.9 Å². The molecule has 4 rings (SSSR count). The van der Waals surface area contributed by atoms with Crippen LogP contribution >= 0.6 is 0 Å². The maximum atomic E-state index is 13.2. The van der Waals surface area contributed by atoms with E-state index in [0.717, 1.165) is 16.7 Å². The van der Waals surface area contributed by atoms with E-state index < -0.39 is 12.1 Å². The molecule has 0 saturated carbocycles. The molecule has 1 atom stereocenters. The van der Waals surface area contributed by atoms with Gasteiger partial charge in [0.25, 0.3) is 0 Å². The van der Waals surface area contributed by atoms with Gasteiger partial charge in [-0.2, -0.15) is 0 Å². The summed E-state index contributed by atoms with van der Waals surface area (Å²) in [6, 6.07) is 17.6. The fraction of sp³-hybridized carbons (Fsp3) is 0.192. The highest BCUT2D eigenvalue weighted by Gasteiger charge is 2.24. The van der Waals surface area contributed by atoms with Crippen molar-refractivity contribution in [3.8, 4) is 5.75 Å². The third-order valence-electron chi connectivity index (χ3n) is 5.20. The molecule has 0 aliphatic rings. The summed E-state index contributed by atoms with van der Waals surface area (Å²) in [5.74, 6) is -0.788. The minimum Gasteiger partial charge on any atom is -0.484 e. The van der Waals surface area contributed by atoms with Crippen LogP contribution in [-0.2, 0) is 17.8 Å². The molecular formula is C26H23FN2O4. The number of halogens is 1. The van der Waals surface area contributed by atoms with E-state index in [2.05, 4.69) is 9.97 Å². The molecule has 168 valence electrons. The van der Waals surface area contributed by atoms with E-state index in [4.69, 9.17) is 9.47 Å². The highest BCUT2D eigenvalue weighted by atomic mass is 19.1. The average molecular weight is 446 g/mol. The van der Waals surface area contributed by atoms with Gasteiger partial charge in [-0.05, 0) is 48.2 Å². The van der Waals surface area contributed by atoms with Gasteiger partial charge in [-0.1, -0.05) is 42.5 Å². The van der Waals surface area contributed by atoms with Crippen LogP contribution in [-0.4, -0.2) is 28.2 Å². The molecule has 0 amide bonds. The molecule has 2 heterocycles. The Labute approximate surface area is 190 Å². The van der Waals surface area contributed by atoms with Crippen molar-refractivity contribution in [3.63, 3.8) is 0 Å². The molecule has 0 bridgehead atoms. The van der Waals surface area contributed by atoms with Gasteiger partial charge in [0.1, 0.15) is 17.9 Å². The summed E-state index contributed by atoms with van der Waals surface area (Å²) in [7, 11) is 1.26. The predicted octanol–water partition coefficient (Wildman–Crippen LogP) is 4.78. The Hall–Kier alpha value is -3.84. The lowest BCUT2D eigenvalue weighted by Gasteiger charge is -2.17. The van der Waals surface area contributed by atoms with Crippen molar-refractivity contribution in [2.24, 2.45) is 0 Å². The van der Waals surface area contributed by atoms with Gasteiger partial charge in [0.15, 0.2) is 11.4 Å². The third kappa shape index (κ3) is 4.99. The lowest BCUT2D eigenvalue weighted by molar-refractivity contribution is 0.0587. The fourth-order valence-corrected chi connectivity index (χ4v) is 3.58. The largest absolute Gasteiger partial charge is 0.484 e. The SMILES string of the molecule is COC(=O)c1nc(C(C)O)c2cc(Cc3ccc(F)cc3)cnc2c1OCc1ccccc1. The molecule has 2 aromatic carbocycles. The summed E-state index contributed by atoms with van der Waals surface area (Å²) in [6.45, 7) is 1.77. The number of carbonyl (C=O) groups excluding carboxylic acids is 1. The van der Waals surface area contributed by atoms with Crippen LogP contribution in [0.5, 0.6) is 5.75 Å². The zero-order valence-corrected chi connectivity index (χ0v) is 18.3. The average Bonchev–Trinajstić information content (AvgIpc) is 2.83. The van der Waals surface area contributed by atoms with Crippen LogP contribution in [0.25, 0.3) is 10.9 Å². The number of fused-ring (bicyclic) bond motifs is 1. The van der Waals surface area contributed by atoms with E-state index in [1.807, 2.05) is 36.4 Å². The first-order chi connectivity index (χ1) is 16.0. The van der Waals surface area contributed by atoms with E-state index in [0.29, 0.717) is 23.0 Å². The summed E-state index contributed by atoms with van der Waals surface area (Å²) < 4.78 is 24.2. The number of aliphatic hydroxyl groups is 1. The number of ether oxygens (including phenoxy) is 2. The molecular weight excluding hydrogens is 423 g/mol. The van der Waals surface area contributed by atoms with Crippen molar-refractivity contribution in [2.75, 3.05) is 7.11 Å². The van der Waals surface area contributed by atoms with E-state index in [1.54, 1.807) is 25.3 Å². The molecule has 1 unspecified atom stereocenters. The number of aliphatic hydroxyl groups excluding tert-OH is 1. The van der Waals surface area contributed by atoms with Crippen molar-refractivity contribution in [3.05, 3.63) is 101 Å². The second-order valence-electron chi connectivity index (χ2n) is 7.66. The number of carbonyl (C=O) groups is 1. The van der Waals surface area contributed by atoms with Gasteiger partial charge >= 0.3 is 5.97 Å². The van der Waals surface area contributed by atoms with Gasteiger partial charge in [-0.15, -0.1) is 0 Å². The van der Waals surface area contributed by atoms with Gasteiger partial charge in [-0.3, -0.25) is 4.98 Å². The zero-order chi connectivity index (χ0) is 23.4. The van der Waals surface area contributed by atoms with Crippen LogP contribution in [0.4, 0.5) is 4.39 Å². The van der Waals surface area contributed by atoms with Gasteiger partial charge in [0, 0.05) is 11.6 Å². The maximum Gasteiger partial charge on any atom is 0.360 e. The Balaban J connectivity index is 1.81. The van der Waals surface area contributed by atoms with E-state index in [1.165, 1.54) is 19.2 Å². The molecule has 1 N–H and O–H groups in total. The molecule has 2 aromatic heterocycles. The number of aromatic nitrogens is 2. The van der Waals surface area contributed by atoms with Gasteiger partial charge < -0.3 is 14.6 Å². The van der Waals surface area contributed by atoms with E-state index >= 15 is 0 Å². The van der Waals surface area contributed by atoms with Crippen molar-refractivity contribution in [2.45, 2.75) is 26.1 Å². The molecule has 33 heavy (non-hydrogen) atoms. The minimum absolute atomic E-state index is 0.0457. The summed E-state index contributed by atoms with van der Waals surface area (Å²) >= 11 is 0. The molecule has 0 fully saturated rings. The first-order valence-corrected chi connectivity index (χ1v) is 10.5. The molecule has 7 heteroatoms. The second kappa shape index (κ2) is 9.75. The Bertz CT molecular complexity index is 1280. The predicted molar refractivity (Wildman–Crippen MR) is 121 cm³/mol. The lowest BCUT2D eigenvalue weighted by atomic mass is 10.0. The normalized spacial score (nSPS) is 11.9. The fourth-order valence-electron chi connectivity index (χ4n) is 3.58. The molecule has 6 nitrogen and oxygen atoms in total. The van der Waals surface area contributed by atoms with Crippen molar-refractivity contribution < 1.29 is 23.8 Å². The quantitative estimate of drug-likeness (QED) is 0.412. The number of rotatable bonds is 7. The smallest absolute Gasteiger partial charge is 0.360 e. The number of benzene rings is 2. The van der Waals surface area contributed by atoms with Crippen LogP contribution in [0.3, 0.4) is 0 Å². The van der Waals surface area contributed by atoms with Crippen LogP contribution in [0.15, 0.2) is 66.9 Å².